The van der Waals surface area contributed by atoms with Crippen molar-refractivity contribution in [3.8, 4) is 0 Å². The Balaban J connectivity index is 2.92. The summed E-state index contributed by atoms with van der Waals surface area (Å²) in [6.07, 6.45) is 1.47. The van der Waals surface area contributed by atoms with Crippen LogP contribution in [0.25, 0.3) is 0 Å². The first-order chi connectivity index (χ1) is 7.88. The van der Waals surface area contributed by atoms with Crippen molar-refractivity contribution in [2.75, 3.05) is 0 Å². The number of alkyl halides is 1. The highest BCUT2D eigenvalue weighted by molar-refractivity contribution is 6.21. The van der Waals surface area contributed by atoms with Gasteiger partial charge < -0.3 is 0 Å². The van der Waals surface area contributed by atoms with E-state index in [9.17, 15) is 10.1 Å². The molecule has 1 atom stereocenters. The van der Waals surface area contributed by atoms with E-state index in [0.29, 0.717) is 12.0 Å². The molecule has 0 aliphatic heterocycles. The predicted molar refractivity (Wildman–Crippen MR) is 70.5 cm³/mol. The molecule has 4 heteroatoms. The molecule has 1 unspecified atom stereocenters. The van der Waals surface area contributed by atoms with Gasteiger partial charge in [-0.25, -0.2) is 0 Å². The Morgan fingerprint density at radius 1 is 1.41 bits per heavy atom. The molecule has 0 bridgehead atoms. The monoisotopic (exact) mass is 255 g/mol. The zero-order chi connectivity index (χ0) is 13.1. The van der Waals surface area contributed by atoms with Gasteiger partial charge in [0.05, 0.1) is 4.92 Å². The minimum absolute atomic E-state index is 0.0226. The van der Waals surface area contributed by atoms with Crippen LogP contribution in [0.2, 0.25) is 0 Å². The van der Waals surface area contributed by atoms with Crippen molar-refractivity contribution in [2.24, 2.45) is 5.41 Å². The second-order valence-electron chi connectivity index (χ2n) is 4.90. The van der Waals surface area contributed by atoms with E-state index in [0.717, 1.165) is 6.42 Å². The normalized spacial score (nSPS) is 13.4. The quantitative estimate of drug-likeness (QED) is 0.450. The van der Waals surface area contributed by atoms with Crippen molar-refractivity contribution in [2.45, 2.75) is 39.0 Å². The van der Waals surface area contributed by atoms with Crippen LogP contribution in [0.15, 0.2) is 24.3 Å². The number of para-hydroxylation sites is 1. The van der Waals surface area contributed by atoms with Crippen molar-refractivity contribution in [3.63, 3.8) is 0 Å². The van der Waals surface area contributed by atoms with Crippen LogP contribution in [-0.2, 0) is 6.42 Å². The van der Waals surface area contributed by atoms with E-state index < -0.39 is 0 Å². The molecule has 0 aliphatic carbocycles. The maximum Gasteiger partial charge on any atom is 0.272 e. The third-order valence-electron chi connectivity index (χ3n) is 3.35. The lowest BCUT2D eigenvalue weighted by atomic mass is 9.83. The first kappa shape index (κ1) is 14.0. The molecule has 1 aromatic carbocycles. The van der Waals surface area contributed by atoms with Crippen LogP contribution < -0.4 is 0 Å². The number of rotatable bonds is 5. The fourth-order valence-electron chi connectivity index (χ4n) is 1.55. The van der Waals surface area contributed by atoms with Crippen molar-refractivity contribution in [1.29, 1.82) is 0 Å². The van der Waals surface area contributed by atoms with Gasteiger partial charge in [0.25, 0.3) is 5.69 Å². The molecule has 94 valence electrons. The maximum atomic E-state index is 10.9. The van der Waals surface area contributed by atoms with Gasteiger partial charge in [-0.1, -0.05) is 39.0 Å². The molecule has 0 aliphatic rings. The number of nitrogens with zero attached hydrogens (tertiary/aromatic N) is 1. The summed E-state index contributed by atoms with van der Waals surface area (Å²) < 4.78 is 0. The SMILES string of the molecule is CCC(C)(C)C(Cl)Cc1ccccc1[N+](=O)[O-]. The molecule has 0 saturated heterocycles. The molecule has 0 radical (unpaired) electrons. The van der Waals surface area contributed by atoms with Crippen LogP contribution in [0.5, 0.6) is 0 Å². The van der Waals surface area contributed by atoms with E-state index >= 15 is 0 Å². The van der Waals surface area contributed by atoms with Gasteiger partial charge in [0.2, 0.25) is 0 Å². The standard InChI is InChI=1S/C13H18ClNO2/c1-4-13(2,3)12(14)9-10-7-5-6-8-11(10)15(16)17/h5-8,12H,4,9H2,1-3H3. The first-order valence-corrected chi connectivity index (χ1v) is 6.18. The Labute approximate surface area is 107 Å². The molecule has 1 aromatic rings. The lowest BCUT2D eigenvalue weighted by molar-refractivity contribution is -0.385. The highest BCUT2D eigenvalue weighted by Gasteiger charge is 2.28. The third-order valence-corrected chi connectivity index (χ3v) is 4.09. The largest absolute Gasteiger partial charge is 0.272 e. The summed E-state index contributed by atoms with van der Waals surface area (Å²) in [6, 6.07) is 6.79. The van der Waals surface area contributed by atoms with E-state index in [1.54, 1.807) is 12.1 Å². The molecule has 0 heterocycles. The zero-order valence-corrected chi connectivity index (χ0v) is 11.2. The van der Waals surface area contributed by atoms with Crippen LogP contribution in [-0.4, -0.2) is 10.3 Å². The maximum absolute atomic E-state index is 10.9. The smallest absolute Gasteiger partial charge is 0.258 e. The molecule has 17 heavy (non-hydrogen) atoms. The summed E-state index contributed by atoms with van der Waals surface area (Å²) >= 11 is 6.36. The average Bonchev–Trinajstić information content (AvgIpc) is 2.29. The molecular weight excluding hydrogens is 238 g/mol. The number of nitro benzene ring substituents is 1. The number of hydrogen-bond acceptors (Lipinski definition) is 2. The first-order valence-electron chi connectivity index (χ1n) is 5.75. The fourth-order valence-corrected chi connectivity index (χ4v) is 1.87. The predicted octanol–water partition coefficient (Wildman–Crippen LogP) is 4.18. The lowest BCUT2D eigenvalue weighted by Crippen LogP contribution is -2.26. The van der Waals surface area contributed by atoms with E-state index in [4.69, 9.17) is 11.6 Å². The Kier molecular flexibility index (Phi) is 4.52. The van der Waals surface area contributed by atoms with Crippen LogP contribution in [0.3, 0.4) is 0 Å². The van der Waals surface area contributed by atoms with Gasteiger partial charge in [-0.05, 0) is 18.3 Å². The summed E-state index contributed by atoms with van der Waals surface area (Å²) in [5, 5.41) is 10.8. The lowest BCUT2D eigenvalue weighted by Gasteiger charge is -2.28. The highest BCUT2D eigenvalue weighted by atomic mass is 35.5. The van der Waals surface area contributed by atoms with Gasteiger partial charge in [0.15, 0.2) is 0 Å². The van der Waals surface area contributed by atoms with Gasteiger partial charge in [-0.15, -0.1) is 11.6 Å². The number of benzene rings is 1. The summed E-state index contributed by atoms with van der Waals surface area (Å²) in [7, 11) is 0. The molecule has 0 spiro atoms. The fraction of sp³-hybridized carbons (Fsp3) is 0.538. The average molecular weight is 256 g/mol. The summed E-state index contributed by atoms with van der Waals surface area (Å²) in [4.78, 5) is 10.5. The number of hydrogen-bond donors (Lipinski definition) is 0. The van der Waals surface area contributed by atoms with E-state index in [-0.39, 0.29) is 21.4 Å². The molecule has 0 amide bonds. The van der Waals surface area contributed by atoms with Crippen molar-refractivity contribution in [1.82, 2.24) is 0 Å². The Morgan fingerprint density at radius 2 is 2.00 bits per heavy atom. The summed E-state index contributed by atoms with van der Waals surface area (Å²) in [6.45, 7) is 6.24. The summed E-state index contributed by atoms with van der Waals surface area (Å²) in [5.41, 5.74) is 0.842. The Hall–Kier alpha value is -1.09. The van der Waals surface area contributed by atoms with E-state index in [2.05, 4.69) is 20.8 Å². The zero-order valence-electron chi connectivity index (χ0n) is 10.4. The van der Waals surface area contributed by atoms with E-state index in [1.807, 2.05) is 6.07 Å². The van der Waals surface area contributed by atoms with Crippen molar-refractivity contribution in [3.05, 3.63) is 39.9 Å². The molecule has 0 saturated carbocycles. The minimum atomic E-state index is -0.349. The molecule has 0 fully saturated rings. The second kappa shape index (κ2) is 5.50. The van der Waals surface area contributed by atoms with E-state index in [1.165, 1.54) is 6.07 Å². The van der Waals surface area contributed by atoms with Gasteiger partial charge in [0, 0.05) is 17.0 Å². The highest BCUT2D eigenvalue weighted by Crippen LogP contribution is 2.33. The Morgan fingerprint density at radius 3 is 2.53 bits per heavy atom. The van der Waals surface area contributed by atoms with Crippen LogP contribution in [0.4, 0.5) is 5.69 Å². The van der Waals surface area contributed by atoms with Crippen LogP contribution >= 0.6 is 11.6 Å². The number of halogens is 1. The third kappa shape index (κ3) is 3.43. The van der Waals surface area contributed by atoms with Crippen LogP contribution in [0.1, 0.15) is 32.8 Å². The molecule has 0 aromatic heterocycles. The number of nitro groups is 1. The van der Waals surface area contributed by atoms with Crippen LogP contribution in [0, 0.1) is 15.5 Å². The minimum Gasteiger partial charge on any atom is -0.258 e. The van der Waals surface area contributed by atoms with Gasteiger partial charge in [-0.3, -0.25) is 10.1 Å². The topological polar surface area (TPSA) is 43.1 Å². The summed E-state index contributed by atoms with van der Waals surface area (Å²) in [5.74, 6) is 0. The molecular formula is C13H18ClNO2. The van der Waals surface area contributed by atoms with Gasteiger partial charge >= 0.3 is 0 Å². The molecule has 0 N–H and O–H groups in total. The molecule has 1 rings (SSSR count). The van der Waals surface area contributed by atoms with Crippen molar-refractivity contribution < 1.29 is 4.92 Å². The Bertz CT molecular complexity index is 404. The van der Waals surface area contributed by atoms with Crippen molar-refractivity contribution >= 4 is 17.3 Å². The van der Waals surface area contributed by atoms with Gasteiger partial charge in [0.1, 0.15) is 0 Å². The van der Waals surface area contributed by atoms with Gasteiger partial charge in [-0.2, -0.15) is 0 Å². The second-order valence-corrected chi connectivity index (χ2v) is 5.43. The molecule has 3 nitrogen and oxygen atoms in total.